The molecule has 0 aromatic carbocycles. The van der Waals surface area contributed by atoms with Gasteiger partial charge in [0.25, 0.3) is 0 Å². The van der Waals surface area contributed by atoms with Gasteiger partial charge in [-0.2, -0.15) is 0 Å². The van der Waals surface area contributed by atoms with Crippen molar-refractivity contribution in [2.24, 2.45) is 17.8 Å². The summed E-state index contributed by atoms with van der Waals surface area (Å²) in [5, 5.41) is 15.1. The molecule has 3 atom stereocenters. The molecule has 3 unspecified atom stereocenters. The summed E-state index contributed by atoms with van der Waals surface area (Å²) in [6.07, 6.45) is 0.278. The Labute approximate surface area is 150 Å². The molecule has 0 fully saturated rings. The van der Waals surface area contributed by atoms with Crippen molar-refractivity contribution in [2.45, 2.75) is 66.0 Å². The number of aliphatic hydroxyl groups excluding tert-OH is 1. The number of hydrogen-bond donors (Lipinski definition) is 3. The Kier molecular flexibility index (Phi) is 11.1. The van der Waals surface area contributed by atoms with E-state index < -0.39 is 35.8 Å². The lowest BCUT2D eigenvalue weighted by molar-refractivity contribution is -0.147. The van der Waals surface area contributed by atoms with Crippen molar-refractivity contribution >= 4 is 17.8 Å². The maximum Gasteiger partial charge on any atom is 0.308 e. The number of ether oxygens (including phenoxy) is 1. The first-order chi connectivity index (χ1) is 11.6. The number of carbonyl (C=O) groups excluding carboxylic acids is 3. The maximum absolute atomic E-state index is 12.3. The van der Waals surface area contributed by atoms with Crippen LogP contribution in [0, 0.1) is 17.8 Å². The molecule has 0 aliphatic rings. The van der Waals surface area contributed by atoms with E-state index in [1.54, 1.807) is 6.92 Å². The summed E-state index contributed by atoms with van der Waals surface area (Å²) in [6.45, 7) is 9.77. The summed E-state index contributed by atoms with van der Waals surface area (Å²) in [5.41, 5.74) is 0. The minimum atomic E-state index is -1.02. The summed E-state index contributed by atoms with van der Waals surface area (Å²) in [7, 11) is 1.43. The third kappa shape index (κ3) is 10.1. The van der Waals surface area contributed by atoms with Gasteiger partial charge in [0.1, 0.15) is 6.04 Å². The predicted molar refractivity (Wildman–Crippen MR) is 95.7 cm³/mol. The molecule has 3 N–H and O–H groups in total. The van der Waals surface area contributed by atoms with E-state index in [1.807, 2.05) is 27.7 Å². The predicted octanol–water partition coefficient (Wildman–Crippen LogP) is 1.24. The second-order valence-electron chi connectivity index (χ2n) is 7.28. The van der Waals surface area contributed by atoms with Crippen molar-refractivity contribution in [3.8, 4) is 0 Å². The number of aliphatic hydroxyl groups is 1. The van der Waals surface area contributed by atoms with Gasteiger partial charge >= 0.3 is 5.97 Å². The van der Waals surface area contributed by atoms with Gasteiger partial charge < -0.3 is 20.5 Å². The molecular formula is C18H34N2O5. The van der Waals surface area contributed by atoms with Crippen molar-refractivity contribution in [3.05, 3.63) is 0 Å². The third-order valence-electron chi connectivity index (χ3n) is 3.86. The zero-order valence-electron chi connectivity index (χ0n) is 16.3. The first-order valence-corrected chi connectivity index (χ1v) is 8.94. The van der Waals surface area contributed by atoms with Gasteiger partial charge in [0.2, 0.25) is 11.8 Å². The van der Waals surface area contributed by atoms with Crippen LogP contribution < -0.4 is 10.6 Å². The van der Waals surface area contributed by atoms with Gasteiger partial charge in [-0.3, -0.25) is 14.4 Å². The third-order valence-corrected chi connectivity index (χ3v) is 3.86. The number of amides is 2. The molecule has 2 amide bonds. The van der Waals surface area contributed by atoms with Crippen LogP contribution in [0.1, 0.15) is 53.9 Å². The van der Waals surface area contributed by atoms with Crippen LogP contribution in [0.25, 0.3) is 0 Å². The van der Waals surface area contributed by atoms with Crippen molar-refractivity contribution in [3.63, 3.8) is 0 Å². The van der Waals surface area contributed by atoms with E-state index in [0.29, 0.717) is 12.3 Å². The molecule has 0 saturated carbocycles. The fourth-order valence-corrected chi connectivity index (χ4v) is 2.10. The summed E-state index contributed by atoms with van der Waals surface area (Å²) < 4.78 is 5.06. The van der Waals surface area contributed by atoms with Gasteiger partial charge in [0.05, 0.1) is 25.0 Å². The lowest BCUT2D eigenvalue weighted by Gasteiger charge is -2.23. The highest BCUT2D eigenvalue weighted by molar-refractivity contribution is 5.91. The van der Waals surface area contributed by atoms with Gasteiger partial charge in [-0.25, -0.2) is 0 Å². The minimum absolute atomic E-state index is 0.188. The van der Waals surface area contributed by atoms with Gasteiger partial charge in [0, 0.05) is 7.05 Å². The van der Waals surface area contributed by atoms with Crippen molar-refractivity contribution < 1.29 is 24.2 Å². The van der Waals surface area contributed by atoms with E-state index in [2.05, 4.69) is 10.6 Å². The Morgan fingerprint density at radius 3 is 2.04 bits per heavy atom. The Morgan fingerprint density at radius 2 is 1.56 bits per heavy atom. The molecule has 0 aromatic heterocycles. The van der Waals surface area contributed by atoms with Crippen LogP contribution in [-0.2, 0) is 19.1 Å². The molecule has 0 rings (SSSR count). The molecule has 7 nitrogen and oxygen atoms in total. The van der Waals surface area contributed by atoms with Crippen LogP contribution in [0.2, 0.25) is 0 Å². The first kappa shape index (κ1) is 23.4. The highest BCUT2D eigenvalue weighted by Crippen LogP contribution is 2.14. The average molecular weight is 358 g/mol. The standard InChI is InChI=1S/C18H34N2O5/c1-11(2)7-8-15(21)13(5)17(23)20-14(18(24)19-6)9-16(22)25-10-12(3)4/h11-15,21H,7-10H2,1-6H3,(H,19,24)(H,20,23). The number of carbonyl (C=O) groups is 3. The fourth-order valence-electron chi connectivity index (χ4n) is 2.10. The molecule has 0 aliphatic heterocycles. The van der Waals surface area contributed by atoms with Crippen LogP contribution in [0.4, 0.5) is 0 Å². The molecule has 0 aromatic rings. The summed E-state index contributed by atoms with van der Waals surface area (Å²) >= 11 is 0. The topological polar surface area (TPSA) is 105 Å². The maximum atomic E-state index is 12.3. The number of rotatable bonds is 11. The van der Waals surface area contributed by atoms with Gasteiger partial charge in [-0.1, -0.05) is 34.6 Å². The molecule has 146 valence electrons. The van der Waals surface area contributed by atoms with Crippen LogP contribution in [0.3, 0.4) is 0 Å². The highest BCUT2D eigenvalue weighted by Gasteiger charge is 2.28. The van der Waals surface area contributed by atoms with E-state index >= 15 is 0 Å². The van der Waals surface area contributed by atoms with Gasteiger partial charge in [-0.05, 0) is 24.7 Å². The number of nitrogens with one attached hydrogen (secondary N) is 2. The van der Waals surface area contributed by atoms with Gasteiger partial charge in [-0.15, -0.1) is 0 Å². The molecule has 0 radical (unpaired) electrons. The van der Waals surface area contributed by atoms with E-state index in [9.17, 15) is 19.5 Å². The smallest absolute Gasteiger partial charge is 0.308 e. The molecule has 0 aliphatic carbocycles. The monoisotopic (exact) mass is 358 g/mol. The van der Waals surface area contributed by atoms with Gasteiger partial charge in [0.15, 0.2) is 0 Å². The van der Waals surface area contributed by atoms with Crippen LogP contribution in [0.15, 0.2) is 0 Å². The van der Waals surface area contributed by atoms with E-state index in [0.717, 1.165) is 6.42 Å². The molecule has 0 bridgehead atoms. The molecule has 0 saturated heterocycles. The van der Waals surface area contributed by atoms with Crippen LogP contribution >= 0.6 is 0 Å². The zero-order chi connectivity index (χ0) is 19.6. The Hall–Kier alpha value is -1.63. The summed E-state index contributed by atoms with van der Waals surface area (Å²) in [6, 6.07) is -1.02. The van der Waals surface area contributed by atoms with Crippen LogP contribution in [-0.4, -0.2) is 48.7 Å². The first-order valence-electron chi connectivity index (χ1n) is 8.94. The van der Waals surface area contributed by atoms with Crippen molar-refractivity contribution in [2.75, 3.05) is 13.7 Å². The van der Waals surface area contributed by atoms with E-state index in [4.69, 9.17) is 4.74 Å². The SMILES string of the molecule is CNC(=O)C(CC(=O)OCC(C)C)NC(=O)C(C)C(O)CCC(C)C. The Balaban J connectivity index is 4.71. The van der Waals surface area contributed by atoms with E-state index in [-0.39, 0.29) is 18.9 Å². The highest BCUT2D eigenvalue weighted by atomic mass is 16.5. The largest absolute Gasteiger partial charge is 0.465 e. The Bertz CT molecular complexity index is 437. The lowest BCUT2D eigenvalue weighted by Crippen LogP contribution is -2.50. The molecule has 0 spiro atoms. The number of esters is 1. The van der Waals surface area contributed by atoms with Crippen molar-refractivity contribution in [1.82, 2.24) is 10.6 Å². The Morgan fingerprint density at radius 1 is 0.960 bits per heavy atom. The average Bonchev–Trinajstić information content (AvgIpc) is 2.55. The minimum Gasteiger partial charge on any atom is -0.465 e. The summed E-state index contributed by atoms with van der Waals surface area (Å²) in [4.78, 5) is 36.1. The normalized spacial score (nSPS) is 14.8. The molecule has 7 heteroatoms. The molecule has 25 heavy (non-hydrogen) atoms. The van der Waals surface area contributed by atoms with Crippen LogP contribution in [0.5, 0.6) is 0 Å². The second-order valence-corrected chi connectivity index (χ2v) is 7.28. The zero-order valence-corrected chi connectivity index (χ0v) is 16.3. The molecule has 0 heterocycles. The van der Waals surface area contributed by atoms with E-state index in [1.165, 1.54) is 7.05 Å². The quantitative estimate of drug-likeness (QED) is 0.482. The number of hydrogen-bond acceptors (Lipinski definition) is 5. The number of likely N-dealkylation sites (N-methyl/N-ethyl adjacent to an activating group) is 1. The summed E-state index contributed by atoms with van der Waals surface area (Å²) in [5.74, 6) is -1.53. The second kappa shape index (κ2) is 11.8. The van der Waals surface area contributed by atoms with Crippen molar-refractivity contribution in [1.29, 1.82) is 0 Å². The fraction of sp³-hybridized carbons (Fsp3) is 0.833. The lowest BCUT2D eigenvalue weighted by atomic mass is 9.95. The molecular weight excluding hydrogens is 324 g/mol.